The van der Waals surface area contributed by atoms with Crippen molar-refractivity contribution in [1.29, 1.82) is 0 Å². The predicted molar refractivity (Wildman–Crippen MR) is 60.7 cm³/mol. The number of benzene rings is 1. The Balaban J connectivity index is 2.78. The summed E-state index contributed by atoms with van der Waals surface area (Å²) in [6.07, 6.45) is 1.37. The summed E-state index contributed by atoms with van der Waals surface area (Å²) >= 11 is 11.7. The number of halogens is 2. The molecular weight excluding hydrogens is 219 g/mol. The van der Waals surface area contributed by atoms with Gasteiger partial charge < -0.3 is 4.74 Å². The zero-order valence-electron chi connectivity index (χ0n) is 7.67. The predicted octanol–water partition coefficient (Wildman–Crippen LogP) is 4.07. The van der Waals surface area contributed by atoms with Gasteiger partial charge in [-0.1, -0.05) is 35.3 Å². The molecule has 1 nitrogen and oxygen atoms in total. The third kappa shape index (κ3) is 3.02. The van der Waals surface area contributed by atoms with Gasteiger partial charge in [0.15, 0.2) is 0 Å². The van der Waals surface area contributed by atoms with E-state index in [4.69, 9.17) is 27.9 Å². The zero-order chi connectivity index (χ0) is 10.6. The molecule has 1 radical (unpaired) electrons. The van der Waals surface area contributed by atoms with E-state index in [2.05, 4.69) is 13.5 Å². The highest BCUT2D eigenvalue weighted by atomic mass is 35.5. The molecule has 0 N–H and O–H groups in total. The van der Waals surface area contributed by atoms with Crippen LogP contribution in [0.25, 0.3) is 0 Å². The molecule has 1 aromatic rings. The van der Waals surface area contributed by atoms with E-state index in [9.17, 15) is 0 Å². The lowest BCUT2D eigenvalue weighted by molar-refractivity contribution is 0.108. The van der Waals surface area contributed by atoms with Gasteiger partial charge >= 0.3 is 0 Å². The van der Waals surface area contributed by atoms with Crippen molar-refractivity contribution >= 4 is 23.2 Å². The molecule has 0 bridgehead atoms. The second-order valence-corrected chi connectivity index (χ2v) is 3.62. The van der Waals surface area contributed by atoms with Gasteiger partial charge in [-0.05, 0) is 24.6 Å². The molecule has 0 spiro atoms. The molecular formula is C11H11Cl2O. The minimum atomic E-state index is -0.294. The summed E-state index contributed by atoms with van der Waals surface area (Å²) in [5, 5.41) is 1.18. The maximum atomic E-state index is 5.97. The minimum absolute atomic E-state index is 0.294. The number of rotatable bonds is 4. The lowest BCUT2D eigenvalue weighted by Gasteiger charge is -2.13. The van der Waals surface area contributed by atoms with Gasteiger partial charge in [-0.2, -0.15) is 0 Å². The van der Waals surface area contributed by atoms with Gasteiger partial charge in [0.25, 0.3) is 0 Å². The summed E-state index contributed by atoms with van der Waals surface area (Å²) in [6.45, 7) is 7.85. The summed E-state index contributed by atoms with van der Waals surface area (Å²) < 4.78 is 5.34. The van der Waals surface area contributed by atoms with Crippen LogP contribution >= 0.6 is 23.2 Å². The Morgan fingerprint density at radius 2 is 2.14 bits per heavy atom. The van der Waals surface area contributed by atoms with E-state index in [-0.39, 0.29) is 6.10 Å². The minimum Gasteiger partial charge on any atom is -0.369 e. The monoisotopic (exact) mass is 229 g/mol. The summed E-state index contributed by atoms with van der Waals surface area (Å²) in [7, 11) is 0. The average Bonchev–Trinajstić information content (AvgIpc) is 2.14. The summed E-state index contributed by atoms with van der Waals surface area (Å²) in [6, 6.07) is 5.25. The first kappa shape index (κ1) is 11.6. The first-order chi connectivity index (χ1) is 6.65. The van der Waals surface area contributed by atoms with Crippen LogP contribution in [-0.4, -0.2) is 6.61 Å². The van der Waals surface area contributed by atoms with Crippen molar-refractivity contribution in [2.75, 3.05) is 6.61 Å². The molecule has 0 saturated carbocycles. The maximum absolute atomic E-state index is 5.97. The van der Waals surface area contributed by atoms with Gasteiger partial charge in [0, 0.05) is 10.0 Å². The van der Waals surface area contributed by atoms with Crippen LogP contribution in [0.15, 0.2) is 30.9 Å². The normalized spacial score (nSPS) is 12.5. The van der Waals surface area contributed by atoms with Gasteiger partial charge in [-0.15, -0.1) is 6.58 Å². The van der Waals surface area contributed by atoms with E-state index in [0.29, 0.717) is 16.7 Å². The summed E-state index contributed by atoms with van der Waals surface area (Å²) in [5.74, 6) is 0. The van der Waals surface area contributed by atoms with Crippen LogP contribution in [0.3, 0.4) is 0 Å². The first-order valence-electron chi connectivity index (χ1n) is 4.15. The molecule has 1 unspecified atom stereocenters. The van der Waals surface area contributed by atoms with Crippen LogP contribution in [0.4, 0.5) is 0 Å². The Labute approximate surface area is 94.3 Å². The van der Waals surface area contributed by atoms with E-state index in [1.165, 1.54) is 0 Å². The smallest absolute Gasteiger partial charge is 0.0844 e. The van der Waals surface area contributed by atoms with Crippen molar-refractivity contribution in [3.05, 3.63) is 53.4 Å². The van der Waals surface area contributed by atoms with Gasteiger partial charge in [-0.3, -0.25) is 0 Å². The first-order valence-corrected chi connectivity index (χ1v) is 4.91. The number of hydrogen-bond donors (Lipinski definition) is 0. The van der Waals surface area contributed by atoms with E-state index < -0.39 is 0 Å². The molecule has 0 heterocycles. The largest absolute Gasteiger partial charge is 0.369 e. The topological polar surface area (TPSA) is 9.23 Å². The lowest BCUT2D eigenvalue weighted by Crippen LogP contribution is -2.00. The molecule has 0 aromatic heterocycles. The molecule has 0 saturated heterocycles. The van der Waals surface area contributed by atoms with Crippen molar-refractivity contribution < 1.29 is 4.74 Å². The molecule has 0 aliphatic heterocycles. The van der Waals surface area contributed by atoms with Gasteiger partial charge in [0.05, 0.1) is 12.7 Å². The molecule has 0 aliphatic carbocycles. The third-order valence-electron chi connectivity index (χ3n) is 1.72. The van der Waals surface area contributed by atoms with Crippen molar-refractivity contribution in [3.8, 4) is 0 Å². The van der Waals surface area contributed by atoms with E-state index in [1.54, 1.807) is 18.2 Å². The number of ether oxygens (including phenoxy) is 1. The average molecular weight is 230 g/mol. The fraction of sp³-hybridized carbons (Fsp3) is 0.182. The highest BCUT2D eigenvalue weighted by Gasteiger charge is 2.09. The highest BCUT2D eigenvalue weighted by Crippen LogP contribution is 2.27. The van der Waals surface area contributed by atoms with Crippen LogP contribution in [0.5, 0.6) is 0 Å². The molecule has 0 aliphatic rings. The summed E-state index contributed by atoms with van der Waals surface area (Å²) in [5.41, 5.74) is 0.831. The molecule has 1 atom stereocenters. The Morgan fingerprint density at radius 3 is 2.71 bits per heavy atom. The van der Waals surface area contributed by atoms with Gasteiger partial charge in [0.1, 0.15) is 0 Å². The zero-order valence-corrected chi connectivity index (χ0v) is 9.18. The molecule has 0 amide bonds. The van der Waals surface area contributed by atoms with Crippen LogP contribution in [0.1, 0.15) is 11.7 Å². The quantitative estimate of drug-likeness (QED) is 0.708. The summed E-state index contributed by atoms with van der Waals surface area (Å²) in [4.78, 5) is 0. The van der Waals surface area contributed by atoms with Crippen molar-refractivity contribution in [2.24, 2.45) is 0 Å². The molecule has 1 rings (SSSR count). The second kappa shape index (κ2) is 5.40. The van der Waals surface area contributed by atoms with Gasteiger partial charge in [-0.25, -0.2) is 0 Å². The molecule has 14 heavy (non-hydrogen) atoms. The fourth-order valence-corrected chi connectivity index (χ4v) is 1.57. The number of hydrogen-bond acceptors (Lipinski definition) is 1. The van der Waals surface area contributed by atoms with E-state index in [0.717, 1.165) is 5.56 Å². The van der Waals surface area contributed by atoms with Crippen molar-refractivity contribution in [1.82, 2.24) is 0 Å². The SMILES string of the molecule is [CH2]C(OCC=C)c1ccc(Cl)cc1Cl. The molecule has 1 aromatic carbocycles. The standard InChI is InChI=1S/C11H11Cl2O/c1-3-6-14-8(2)10-5-4-9(12)7-11(10)13/h3-5,7-8H,1-2,6H2. The Kier molecular flexibility index (Phi) is 4.46. The van der Waals surface area contributed by atoms with Crippen molar-refractivity contribution in [3.63, 3.8) is 0 Å². The molecule has 75 valence electrons. The van der Waals surface area contributed by atoms with Crippen LogP contribution in [-0.2, 0) is 4.74 Å². The van der Waals surface area contributed by atoms with Crippen LogP contribution < -0.4 is 0 Å². The van der Waals surface area contributed by atoms with Crippen LogP contribution in [0.2, 0.25) is 10.0 Å². The van der Waals surface area contributed by atoms with Crippen molar-refractivity contribution in [2.45, 2.75) is 6.10 Å². The Bertz CT molecular complexity index is 323. The van der Waals surface area contributed by atoms with E-state index >= 15 is 0 Å². The fourth-order valence-electron chi connectivity index (χ4n) is 1.04. The molecule has 0 fully saturated rings. The van der Waals surface area contributed by atoms with E-state index in [1.807, 2.05) is 6.07 Å². The van der Waals surface area contributed by atoms with Crippen LogP contribution in [0, 0.1) is 6.92 Å². The maximum Gasteiger partial charge on any atom is 0.0844 e. The lowest BCUT2D eigenvalue weighted by atomic mass is 10.1. The Morgan fingerprint density at radius 1 is 1.43 bits per heavy atom. The highest BCUT2D eigenvalue weighted by molar-refractivity contribution is 6.35. The van der Waals surface area contributed by atoms with Gasteiger partial charge in [0.2, 0.25) is 0 Å². The Hall–Kier alpha value is -0.500. The second-order valence-electron chi connectivity index (χ2n) is 2.78. The molecule has 3 heteroatoms. The third-order valence-corrected chi connectivity index (χ3v) is 2.29.